The van der Waals surface area contributed by atoms with Crippen LogP contribution in [0.15, 0.2) is 24.3 Å². The van der Waals surface area contributed by atoms with Gasteiger partial charge in [-0.2, -0.15) is 0 Å². The lowest BCUT2D eigenvalue weighted by Gasteiger charge is -2.17. The maximum absolute atomic E-state index is 11.2. The summed E-state index contributed by atoms with van der Waals surface area (Å²) in [7, 11) is 0. The first-order valence-corrected chi connectivity index (χ1v) is 6.63. The molecule has 3 nitrogen and oxygen atoms in total. The van der Waals surface area contributed by atoms with E-state index in [1.807, 2.05) is 6.92 Å². The molecule has 0 bridgehead atoms. The molecule has 18 heavy (non-hydrogen) atoms. The van der Waals surface area contributed by atoms with Crippen molar-refractivity contribution in [2.24, 2.45) is 0 Å². The number of esters is 1. The highest BCUT2D eigenvalue weighted by molar-refractivity contribution is 5.69. The lowest BCUT2D eigenvalue weighted by Crippen LogP contribution is -2.24. The average molecular weight is 249 g/mol. The number of ether oxygens (including phenoxy) is 1. The van der Waals surface area contributed by atoms with Crippen LogP contribution >= 0.6 is 0 Å². The molecule has 3 heteroatoms. The summed E-state index contributed by atoms with van der Waals surface area (Å²) in [4.78, 5) is 11.2. The second-order valence-corrected chi connectivity index (χ2v) is 4.38. The number of carbonyl (C=O) groups is 1. The van der Waals surface area contributed by atoms with Crippen LogP contribution in [0, 0.1) is 6.92 Å². The van der Waals surface area contributed by atoms with Gasteiger partial charge in [0.25, 0.3) is 0 Å². The van der Waals surface area contributed by atoms with E-state index in [-0.39, 0.29) is 5.97 Å². The molecule has 0 amide bonds. The Labute approximate surface area is 110 Å². The van der Waals surface area contributed by atoms with Gasteiger partial charge in [-0.15, -0.1) is 0 Å². The van der Waals surface area contributed by atoms with E-state index in [1.165, 1.54) is 11.1 Å². The third kappa shape index (κ3) is 4.88. The van der Waals surface area contributed by atoms with Crippen molar-refractivity contribution in [1.29, 1.82) is 0 Å². The highest BCUT2D eigenvalue weighted by Crippen LogP contribution is 2.16. The molecule has 1 unspecified atom stereocenters. The van der Waals surface area contributed by atoms with Crippen molar-refractivity contribution < 1.29 is 9.53 Å². The zero-order chi connectivity index (χ0) is 13.4. The van der Waals surface area contributed by atoms with Crippen LogP contribution in [-0.4, -0.2) is 19.1 Å². The van der Waals surface area contributed by atoms with Gasteiger partial charge in [-0.3, -0.25) is 4.79 Å². The zero-order valence-corrected chi connectivity index (χ0v) is 11.5. The molecule has 0 spiro atoms. The fraction of sp³-hybridized carbons (Fsp3) is 0.533. The summed E-state index contributed by atoms with van der Waals surface area (Å²) < 4.78 is 4.90. The first-order valence-electron chi connectivity index (χ1n) is 6.63. The Morgan fingerprint density at radius 2 is 1.94 bits per heavy atom. The van der Waals surface area contributed by atoms with E-state index in [0.29, 0.717) is 25.6 Å². The third-order valence-corrected chi connectivity index (χ3v) is 2.91. The van der Waals surface area contributed by atoms with Crippen molar-refractivity contribution in [3.8, 4) is 0 Å². The van der Waals surface area contributed by atoms with Crippen LogP contribution in [0.3, 0.4) is 0 Å². The minimum Gasteiger partial charge on any atom is -0.466 e. The van der Waals surface area contributed by atoms with E-state index >= 15 is 0 Å². The zero-order valence-electron chi connectivity index (χ0n) is 11.5. The van der Waals surface area contributed by atoms with Crippen LogP contribution in [0.4, 0.5) is 0 Å². The normalized spacial score (nSPS) is 12.2. The molecule has 0 saturated carbocycles. The molecule has 1 rings (SSSR count). The SMILES string of the molecule is CCOC(=O)CCNC(CC)c1ccc(C)cc1. The molecule has 0 radical (unpaired) electrons. The van der Waals surface area contributed by atoms with E-state index in [9.17, 15) is 4.79 Å². The standard InChI is InChI=1S/C15H23NO2/c1-4-14(13-8-6-12(3)7-9-13)16-11-10-15(17)18-5-2/h6-9,14,16H,4-5,10-11H2,1-3H3. The van der Waals surface area contributed by atoms with Crippen LogP contribution in [0.2, 0.25) is 0 Å². The summed E-state index contributed by atoms with van der Waals surface area (Å²) in [5.41, 5.74) is 2.53. The molecule has 1 atom stereocenters. The molecule has 100 valence electrons. The van der Waals surface area contributed by atoms with Gasteiger partial charge in [0, 0.05) is 12.6 Å². The van der Waals surface area contributed by atoms with Crippen LogP contribution in [-0.2, 0) is 9.53 Å². The molecular formula is C15H23NO2. The second kappa shape index (κ2) is 7.88. The molecule has 1 N–H and O–H groups in total. The lowest BCUT2D eigenvalue weighted by molar-refractivity contribution is -0.143. The Balaban J connectivity index is 2.42. The molecule has 0 heterocycles. The molecule has 1 aromatic rings. The van der Waals surface area contributed by atoms with E-state index in [4.69, 9.17) is 4.74 Å². The Morgan fingerprint density at radius 3 is 2.50 bits per heavy atom. The van der Waals surface area contributed by atoms with E-state index < -0.39 is 0 Å². The number of nitrogens with one attached hydrogen (secondary N) is 1. The summed E-state index contributed by atoms with van der Waals surface area (Å²) in [6.07, 6.45) is 1.43. The van der Waals surface area contributed by atoms with Gasteiger partial charge in [-0.1, -0.05) is 36.8 Å². The molecule has 0 aromatic heterocycles. The van der Waals surface area contributed by atoms with Crippen LogP contribution in [0.5, 0.6) is 0 Å². The number of carbonyl (C=O) groups excluding carboxylic acids is 1. The number of hydrogen-bond acceptors (Lipinski definition) is 3. The fourth-order valence-corrected chi connectivity index (χ4v) is 1.88. The van der Waals surface area contributed by atoms with Gasteiger partial charge in [0.15, 0.2) is 0 Å². The Hall–Kier alpha value is -1.35. The summed E-state index contributed by atoms with van der Waals surface area (Å²) >= 11 is 0. The lowest BCUT2D eigenvalue weighted by atomic mass is 10.0. The minimum atomic E-state index is -0.135. The van der Waals surface area contributed by atoms with Gasteiger partial charge in [0.2, 0.25) is 0 Å². The molecule has 0 aliphatic heterocycles. The first-order chi connectivity index (χ1) is 8.67. The van der Waals surface area contributed by atoms with E-state index in [0.717, 1.165) is 6.42 Å². The molecule has 0 aliphatic rings. The highest BCUT2D eigenvalue weighted by Gasteiger charge is 2.09. The summed E-state index contributed by atoms with van der Waals surface area (Å²) in [6.45, 7) is 7.16. The molecule has 1 aromatic carbocycles. The van der Waals surface area contributed by atoms with Gasteiger partial charge in [-0.05, 0) is 25.8 Å². The molecular weight excluding hydrogens is 226 g/mol. The van der Waals surface area contributed by atoms with Crippen molar-refractivity contribution in [3.05, 3.63) is 35.4 Å². The smallest absolute Gasteiger partial charge is 0.307 e. The van der Waals surface area contributed by atoms with Crippen molar-refractivity contribution in [3.63, 3.8) is 0 Å². The van der Waals surface area contributed by atoms with Gasteiger partial charge in [-0.25, -0.2) is 0 Å². The summed E-state index contributed by atoms with van der Waals surface area (Å²) in [5.74, 6) is -0.135. The Morgan fingerprint density at radius 1 is 1.28 bits per heavy atom. The number of benzene rings is 1. The molecule has 0 saturated heterocycles. The van der Waals surface area contributed by atoms with Gasteiger partial charge < -0.3 is 10.1 Å². The minimum absolute atomic E-state index is 0.135. The Bertz CT molecular complexity index is 359. The average Bonchev–Trinajstić information content (AvgIpc) is 2.36. The monoisotopic (exact) mass is 249 g/mol. The summed E-state index contributed by atoms with van der Waals surface area (Å²) in [5, 5.41) is 3.39. The topological polar surface area (TPSA) is 38.3 Å². The predicted octanol–water partition coefficient (Wildman–Crippen LogP) is 2.99. The predicted molar refractivity (Wildman–Crippen MR) is 73.5 cm³/mol. The maximum Gasteiger partial charge on any atom is 0.307 e. The fourth-order valence-electron chi connectivity index (χ4n) is 1.88. The Kier molecular flexibility index (Phi) is 6.44. The van der Waals surface area contributed by atoms with E-state index in [2.05, 4.69) is 43.4 Å². The van der Waals surface area contributed by atoms with Crippen LogP contribution < -0.4 is 5.32 Å². The number of hydrogen-bond donors (Lipinski definition) is 1. The van der Waals surface area contributed by atoms with Crippen molar-refractivity contribution >= 4 is 5.97 Å². The highest BCUT2D eigenvalue weighted by atomic mass is 16.5. The van der Waals surface area contributed by atoms with Crippen molar-refractivity contribution in [1.82, 2.24) is 5.32 Å². The second-order valence-electron chi connectivity index (χ2n) is 4.38. The van der Waals surface area contributed by atoms with E-state index in [1.54, 1.807) is 0 Å². The van der Waals surface area contributed by atoms with Crippen molar-refractivity contribution in [2.45, 2.75) is 39.7 Å². The molecule has 0 aliphatic carbocycles. The first kappa shape index (κ1) is 14.7. The largest absolute Gasteiger partial charge is 0.466 e. The van der Waals surface area contributed by atoms with Crippen LogP contribution in [0.1, 0.15) is 43.9 Å². The number of aryl methyl sites for hydroxylation is 1. The van der Waals surface area contributed by atoms with Gasteiger partial charge in [0.1, 0.15) is 0 Å². The number of rotatable bonds is 7. The molecule has 0 fully saturated rings. The quantitative estimate of drug-likeness (QED) is 0.755. The van der Waals surface area contributed by atoms with Gasteiger partial charge in [0.05, 0.1) is 13.0 Å². The summed E-state index contributed by atoms with van der Waals surface area (Å²) in [6, 6.07) is 8.82. The maximum atomic E-state index is 11.2. The van der Waals surface area contributed by atoms with Crippen molar-refractivity contribution in [2.75, 3.05) is 13.2 Å². The third-order valence-electron chi connectivity index (χ3n) is 2.91. The van der Waals surface area contributed by atoms with Gasteiger partial charge >= 0.3 is 5.97 Å². The van der Waals surface area contributed by atoms with Crippen LogP contribution in [0.25, 0.3) is 0 Å².